The Labute approximate surface area is 146 Å². The van der Waals surface area contributed by atoms with Gasteiger partial charge in [0.15, 0.2) is 0 Å². The fourth-order valence-electron chi connectivity index (χ4n) is 2.57. The SMILES string of the molecule is CC.Cc1cnc(Cl)nc1O[C@H](C)C(C)(C)CC1CCCCO1. The van der Waals surface area contributed by atoms with Crippen molar-refractivity contribution in [3.63, 3.8) is 0 Å². The van der Waals surface area contributed by atoms with Crippen molar-refractivity contribution < 1.29 is 9.47 Å². The monoisotopic (exact) mass is 342 g/mol. The molecule has 1 aromatic rings. The van der Waals surface area contributed by atoms with E-state index in [0.717, 1.165) is 25.0 Å². The zero-order valence-corrected chi connectivity index (χ0v) is 16.1. The van der Waals surface area contributed by atoms with Gasteiger partial charge in [-0.3, -0.25) is 0 Å². The van der Waals surface area contributed by atoms with Crippen LogP contribution < -0.4 is 4.74 Å². The maximum Gasteiger partial charge on any atom is 0.225 e. The molecular weight excluding hydrogens is 312 g/mol. The van der Waals surface area contributed by atoms with Gasteiger partial charge in [-0.2, -0.15) is 4.98 Å². The van der Waals surface area contributed by atoms with E-state index in [1.54, 1.807) is 6.20 Å². The van der Waals surface area contributed by atoms with Gasteiger partial charge in [0.1, 0.15) is 6.10 Å². The minimum absolute atomic E-state index is 0.00583. The smallest absolute Gasteiger partial charge is 0.225 e. The number of rotatable bonds is 5. The van der Waals surface area contributed by atoms with E-state index in [4.69, 9.17) is 21.1 Å². The van der Waals surface area contributed by atoms with Crippen molar-refractivity contribution in [2.45, 2.75) is 79.4 Å². The third-order valence-corrected chi connectivity index (χ3v) is 4.49. The normalized spacial score (nSPS) is 19.5. The van der Waals surface area contributed by atoms with Gasteiger partial charge in [-0.1, -0.05) is 27.7 Å². The average molecular weight is 343 g/mol. The first-order valence-corrected chi connectivity index (χ1v) is 9.03. The number of halogens is 1. The Morgan fingerprint density at radius 2 is 2.09 bits per heavy atom. The summed E-state index contributed by atoms with van der Waals surface area (Å²) >= 11 is 5.85. The highest BCUT2D eigenvalue weighted by atomic mass is 35.5. The largest absolute Gasteiger partial charge is 0.474 e. The topological polar surface area (TPSA) is 44.2 Å². The molecule has 2 heterocycles. The molecule has 1 aliphatic rings. The minimum atomic E-state index is 0.00583. The van der Waals surface area contributed by atoms with Crippen LogP contribution in [0, 0.1) is 12.3 Å². The second kappa shape index (κ2) is 9.43. The van der Waals surface area contributed by atoms with Crippen LogP contribution in [0.15, 0.2) is 6.20 Å². The first-order chi connectivity index (χ1) is 10.9. The molecule has 4 nitrogen and oxygen atoms in total. The molecule has 0 aromatic carbocycles. The fraction of sp³-hybridized carbons (Fsp3) is 0.778. The van der Waals surface area contributed by atoms with Crippen LogP contribution in [0.5, 0.6) is 5.88 Å². The molecule has 0 amide bonds. The van der Waals surface area contributed by atoms with Crippen molar-refractivity contribution in [3.05, 3.63) is 17.0 Å². The quantitative estimate of drug-likeness (QED) is 0.688. The van der Waals surface area contributed by atoms with E-state index in [1.807, 2.05) is 20.8 Å². The van der Waals surface area contributed by atoms with Crippen molar-refractivity contribution in [2.75, 3.05) is 6.61 Å². The van der Waals surface area contributed by atoms with E-state index in [2.05, 4.69) is 30.7 Å². The zero-order valence-electron chi connectivity index (χ0n) is 15.4. The van der Waals surface area contributed by atoms with Crippen LogP contribution in [-0.2, 0) is 4.74 Å². The molecule has 0 aliphatic carbocycles. The number of ether oxygens (including phenoxy) is 2. The van der Waals surface area contributed by atoms with Crippen LogP contribution in [0.4, 0.5) is 0 Å². The lowest BCUT2D eigenvalue weighted by molar-refractivity contribution is -0.0328. The van der Waals surface area contributed by atoms with Crippen LogP contribution in [0.25, 0.3) is 0 Å². The average Bonchev–Trinajstić information content (AvgIpc) is 2.53. The molecule has 0 N–H and O–H groups in total. The Kier molecular flexibility index (Phi) is 8.27. The predicted octanol–water partition coefficient (Wildman–Crippen LogP) is 5.22. The Morgan fingerprint density at radius 1 is 1.39 bits per heavy atom. The van der Waals surface area contributed by atoms with Crippen LogP contribution in [0.3, 0.4) is 0 Å². The summed E-state index contributed by atoms with van der Waals surface area (Å²) in [6.07, 6.45) is 6.63. The molecule has 1 fully saturated rings. The molecule has 132 valence electrons. The molecule has 5 heteroatoms. The molecule has 0 spiro atoms. The van der Waals surface area contributed by atoms with Crippen LogP contribution in [-0.4, -0.2) is 28.8 Å². The standard InChI is InChI=1S/C16H25ClN2O2.C2H6/c1-11-10-18-15(17)19-14(11)21-12(2)16(3,4)9-13-7-5-6-8-20-13;1-2/h10,12-13H,5-9H2,1-4H3;1-2H3/t12-,13?;/m1./s1. The fourth-order valence-corrected chi connectivity index (χ4v) is 2.70. The highest BCUT2D eigenvalue weighted by molar-refractivity contribution is 6.28. The van der Waals surface area contributed by atoms with Crippen LogP contribution >= 0.6 is 11.6 Å². The summed E-state index contributed by atoms with van der Waals surface area (Å²) in [5, 5.41) is 0.219. The maximum atomic E-state index is 6.04. The van der Waals surface area contributed by atoms with E-state index >= 15 is 0 Å². The van der Waals surface area contributed by atoms with E-state index < -0.39 is 0 Å². The predicted molar refractivity (Wildman–Crippen MR) is 95.2 cm³/mol. The summed E-state index contributed by atoms with van der Waals surface area (Å²) in [4.78, 5) is 8.13. The summed E-state index contributed by atoms with van der Waals surface area (Å²) in [6.45, 7) is 13.3. The Bertz CT molecular complexity index is 474. The third kappa shape index (κ3) is 6.27. The first-order valence-electron chi connectivity index (χ1n) is 8.66. The van der Waals surface area contributed by atoms with Gasteiger partial charge >= 0.3 is 0 Å². The van der Waals surface area contributed by atoms with E-state index in [0.29, 0.717) is 12.0 Å². The molecule has 0 saturated carbocycles. The lowest BCUT2D eigenvalue weighted by Crippen LogP contribution is -2.37. The molecule has 1 aliphatic heterocycles. The van der Waals surface area contributed by atoms with E-state index in [1.165, 1.54) is 12.8 Å². The van der Waals surface area contributed by atoms with Gasteiger partial charge in [0.2, 0.25) is 11.2 Å². The zero-order chi connectivity index (χ0) is 17.5. The summed E-state index contributed by atoms with van der Waals surface area (Å²) in [7, 11) is 0. The van der Waals surface area contributed by atoms with E-state index in [9.17, 15) is 0 Å². The summed E-state index contributed by atoms with van der Waals surface area (Å²) < 4.78 is 11.9. The minimum Gasteiger partial charge on any atom is -0.474 e. The van der Waals surface area contributed by atoms with Gasteiger partial charge in [-0.25, -0.2) is 4.98 Å². The van der Waals surface area contributed by atoms with Crippen LogP contribution in [0.2, 0.25) is 5.28 Å². The number of aryl methyl sites for hydroxylation is 1. The Balaban J connectivity index is 0.00000127. The van der Waals surface area contributed by atoms with Crippen molar-refractivity contribution in [3.8, 4) is 5.88 Å². The molecule has 23 heavy (non-hydrogen) atoms. The van der Waals surface area contributed by atoms with Gasteiger partial charge in [-0.15, -0.1) is 0 Å². The van der Waals surface area contributed by atoms with Gasteiger partial charge in [-0.05, 0) is 51.1 Å². The number of aromatic nitrogens is 2. The molecular formula is C18H31ClN2O2. The second-order valence-corrected chi connectivity index (χ2v) is 6.91. The molecule has 1 aromatic heterocycles. The van der Waals surface area contributed by atoms with E-state index in [-0.39, 0.29) is 16.8 Å². The van der Waals surface area contributed by atoms with Crippen LogP contribution in [0.1, 0.15) is 65.9 Å². The van der Waals surface area contributed by atoms with Gasteiger partial charge in [0.25, 0.3) is 0 Å². The maximum absolute atomic E-state index is 6.04. The molecule has 1 saturated heterocycles. The van der Waals surface area contributed by atoms with Gasteiger partial charge in [0.05, 0.1) is 6.10 Å². The van der Waals surface area contributed by atoms with Gasteiger partial charge < -0.3 is 9.47 Å². The van der Waals surface area contributed by atoms with Crippen molar-refractivity contribution in [1.82, 2.24) is 9.97 Å². The Hall–Kier alpha value is -0.870. The highest BCUT2D eigenvalue weighted by Gasteiger charge is 2.32. The number of hydrogen-bond acceptors (Lipinski definition) is 4. The lowest BCUT2D eigenvalue weighted by atomic mass is 9.80. The number of nitrogens with zero attached hydrogens (tertiary/aromatic N) is 2. The van der Waals surface area contributed by atoms with Crippen molar-refractivity contribution in [1.29, 1.82) is 0 Å². The van der Waals surface area contributed by atoms with Crippen molar-refractivity contribution in [2.24, 2.45) is 5.41 Å². The third-order valence-electron chi connectivity index (χ3n) is 4.31. The molecule has 2 rings (SSSR count). The number of hydrogen-bond donors (Lipinski definition) is 0. The molecule has 2 atom stereocenters. The second-order valence-electron chi connectivity index (χ2n) is 6.57. The summed E-state index contributed by atoms with van der Waals surface area (Å²) in [5.41, 5.74) is 0.905. The molecule has 0 radical (unpaired) electrons. The molecule has 1 unspecified atom stereocenters. The first kappa shape index (κ1) is 20.2. The lowest BCUT2D eigenvalue weighted by Gasteiger charge is -2.36. The Morgan fingerprint density at radius 3 is 2.70 bits per heavy atom. The van der Waals surface area contributed by atoms with Crippen molar-refractivity contribution >= 4 is 11.6 Å². The summed E-state index contributed by atoms with van der Waals surface area (Å²) in [5.74, 6) is 0.570. The van der Waals surface area contributed by atoms with Gasteiger partial charge in [0, 0.05) is 23.8 Å². The summed E-state index contributed by atoms with van der Waals surface area (Å²) in [6, 6.07) is 0. The highest BCUT2D eigenvalue weighted by Crippen LogP contribution is 2.33. The molecule has 0 bridgehead atoms.